The Bertz CT molecular complexity index is 629. The molecule has 1 saturated carbocycles. The predicted molar refractivity (Wildman–Crippen MR) is 117 cm³/mol. The minimum Gasteiger partial charge on any atom is -0.471 e. The first kappa shape index (κ1) is 19.8. The highest BCUT2D eigenvalue weighted by atomic mass is 16.5. The van der Waals surface area contributed by atoms with Crippen LogP contribution in [0.3, 0.4) is 0 Å². The van der Waals surface area contributed by atoms with Gasteiger partial charge in [-0.2, -0.15) is 0 Å². The van der Waals surface area contributed by atoms with Crippen molar-refractivity contribution in [3.8, 4) is 0 Å². The summed E-state index contributed by atoms with van der Waals surface area (Å²) >= 11 is 0. The Balaban J connectivity index is 1.37. The summed E-state index contributed by atoms with van der Waals surface area (Å²) < 4.78 is 6.08. The van der Waals surface area contributed by atoms with Gasteiger partial charge in [0.15, 0.2) is 6.73 Å². The van der Waals surface area contributed by atoms with Crippen molar-refractivity contribution in [2.45, 2.75) is 70.8 Å². The Morgan fingerprint density at radius 3 is 2.75 bits per heavy atom. The first-order valence-electron chi connectivity index (χ1n) is 11.7. The predicted octanol–water partition coefficient (Wildman–Crippen LogP) is 5.74. The Kier molecular flexibility index (Phi) is 6.95. The van der Waals surface area contributed by atoms with E-state index >= 15 is 0 Å². The largest absolute Gasteiger partial charge is 0.471 e. The second-order valence-corrected chi connectivity index (χ2v) is 9.17. The van der Waals surface area contributed by atoms with E-state index in [0.717, 1.165) is 24.3 Å². The van der Waals surface area contributed by atoms with Crippen molar-refractivity contribution in [3.63, 3.8) is 0 Å². The number of rotatable bonds is 7. The number of likely N-dealkylation sites (tertiary alicyclic amines) is 1. The molecular formula is C25H38N2O. The van der Waals surface area contributed by atoms with Gasteiger partial charge in [-0.05, 0) is 50.5 Å². The standard InChI is InChI=1S/C25H38N2O/c1-2-3-10-21-11-9-16-26(17-21)18-23-14-7-8-15-24(23)27-19-25(28-20-27)22-12-5-4-6-13-22/h4-6,12-13,19,21,23-24H,2-3,7-11,14-18,20H2,1H3/t21?,23-,24+/m0/s1. The summed E-state index contributed by atoms with van der Waals surface area (Å²) in [6, 6.07) is 11.2. The molecule has 1 aromatic rings. The van der Waals surface area contributed by atoms with E-state index in [1.54, 1.807) is 0 Å². The van der Waals surface area contributed by atoms with Crippen molar-refractivity contribution in [2.24, 2.45) is 11.8 Å². The van der Waals surface area contributed by atoms with E-state index < -0.39 is 0 Å². The van der Waals surface area contributed by atoms with Crippen LogP contribution in [0.2, 0.25) is 0 Å². The lowest BCUT2D eigenvalue weighted by Gasteiger charge is -2.41. The molecule has 0 N–H and O–H groups in total. The number of nitrogens with zero attached hydrogens (tertiary/aromatic N) is 2. The molecule has 3 aliphatic rings. The lowest BCUT2D eigenvalue weighted by molar-refractivity contribution is 0.0573. The molecule has 0 aromatic heterocycles. The molecule has 1 aromatic carbocycles. The number of piperidine rings is 1. The molecule has 1 aliphatic carbocycles. The number of ether oxygens (including phenoxy) is 1. The number of unbranched alkanes of at least 4 members (excludes halogenated alkanes) is 1. The fourth-order valence-electron chi connectivity index (χ4n) is 5.54. The summed E-state index contributed by atoms with van der Waals surface area (Å²) in [4.78, 5) is 5.30. The van der Waals surface area contributed by atoms with Crippen LogP contribution < -0.4 is 0 Å². The summed E-state index contributed by atoms with van der Waals surface area (Å²) in [5.74, 6) is 2.77. The second kappa shape index (κ2) is 9.82. The highest BCUT2D eigenvalue weighted by molar-refractivity contribution is 5.60. The van der Waals surface area contributed by atoms with Gasteiger partial charge in [0.25, 0.3) is 0 Å². The van der Waals surface area contributed by atoms with Gasteiger partial charge < -0.3 is 14.5 Å². The summed E-state index contributed by atoms with van der Waals surface area (Å²) in [6.07, 6.45) is 14.8. The average molecular weight is 383 g/mol. The fraction of sp³-hybridized carbons (Fsp3) is 0.680. The first-order valence-corrected chi connectivity index (χ1v) is 11.7. The topological polar surface area (TPSA) is 15.7 Å². The molecule has 3 atom stereocenters. The van der Waals surface area contributed by atoms with Crippen LogP contribution in [0, 0.1) is 11.8 Å². The lowest BCUT2D eigenvalue weighted by Crippen LogP contribution is -2.46. The molecule has 0 spiro atoms. The van der Waals surface area contributed by atoms with Crippen LogP contribution in [0.1, 0.15) is 70.3 Å². The molecular weight excluding hydrogens is 344 g/mol. The average Bonchev–Trinajstić information content (AvgIpc) is 3.24. The zero-order chi connectivity index (χ0) is 19.2. The molecule has 2 aliphatic heterocycles. The molecule has 4 rings (SSSR count). The maximum Gasteiger partial charge on any atom is 0.161 e. The van der Waals surface area contributed by atoms with E-state index in [-0.39, 0.29) is 0 Å². The van der Waals surface area contributed by atoms with Crippen LogP contribution in [-0.4, -0.2) is 42.2 Å². The normalized spacial score (nSPS) is 28.8. The van der Waals surface area contributed by atoms with Crippen molar-refractivity contribution in [1.82, 2.24) is 9.80 Å². The molecule has 2 fully saturated rings. The van der Waals surface area contributed by atoms with Crippen LogP contribution in [0.25, 0.3) is 5.76 Å². The van der Waals surface area contributed by atoms with Gasteiger partial charge in [0.2, 0.25) is 0 Å². The molecule has 28 heavy (non-hydrogen) atoms. The minimum atomic E-state index is 0.644. The number of benzene rings is 1. The van der Waals surface area contributed by atoms with Crippen molar-refractivity contribution in [2.75, 3.05) is 26.4 Å². The second-order valence-electron chi connectivity index (χ2n) is 9.17. The van der Waals surface area contributed by atoms with Gasteiger partial charge in [-0.1, -0.05) is 62.9 Å². The summed E-state index contributed by atoms with van der Waals surface area (Å²) in [5, 5.41) is 0. The van der Waals surface area contributed by atoms with E-state index in [2.05, 4.69) is 53.3 Å². The van der Waals surface area contributed by atoms with Crippen LogP contribution in [0.15, 0.2) is 36.5 Å². The third-order valence-corrected chi connectivity index (χ3v) is 7.07. The Labute approximate surface area is 171 Å². The molecule has 3 heteroatoms. The van der Waals surface area contributed by atoms with Gasteiger partial charge in [0, 0.05) is 30.9 Å². The van der Waals surface area contributed by atoms with E-state index in [1.165, 1.54) is 83.0 Å². The summed E-state index contributed by atoms with van der Waals surface area (Å²) in [6.45, 7) is 6.99. The minimum absolute atomic E-state index is 0.644. The zero-order valence-electron chi connectivity index (χ0n) is 17.7. The van der Waals surface area contributed by atoms with Gasteiger partial charge >= 0.3 is 0 Å². The zero-order valence-corrected chi connectivity index (χ0v) is 17.7. The fourth-order valence-corrected chi connectivity index (χ4v) is 5.54. The third kappa shape index (κ3) is 4.92. The third-order valence-electron chi connectivity index (χ3n) is 7.07. The van der Waals surface area contributed by atoms with Crippen molar-refractivity contribution >= 4 is 5.76 Å². The highest BCUT2D eigenvalue weighted by Gasteiger charge is 2.33. The van der Waals surface area contributed by atoms with Crippen molar-refractivity contribution in [1.29, 1.82) is 0 Å². The molecule has 0 amide bonds. The molecule has 154 valence electrons. The van der Waals surface area contributed by atoms with Gasteiger partial charge in [0.1, 0.15) is 5.76 Å². The van der Waals surface area contributed by atoms with Crippen LogP contribution in [0.5, 0.6) is 0 Å². The highest BCUT2D eigenvalue weighted by Crippen LogP contribution is 2.34. The Morgan fingerprint density at radius 1 is 1.04 bits per heavy atom. The SMILES string of the molecule is CCCCC1CCCN(C[C@@H]2CCCC[C@H]2N2C=C(c3ccccc3)OC2)C1. The quantitative estimate of drug-likeness (QED) is 0.598. The molecule has 0 bridgehead atoms. The summed E-state index contributed by atoms with van der Waals surface area (Å²) in [7, 11) is 0. The van der Waals surface area contributed by atoms with Gasteiger partial charge in [-0.15, -0.1) is 0 Å². The summed E-state index contributed by atoms with van der Waals surface area (Å²) in [5.41, 5.74) is 1.20. The number of hydrogen-bond donors (Lipinski definition) is 0. The maximum absolute atomic E-state index is 6.08. The van der Waals surface area contributed by atoms with E-state index in [4.69, 9.17) is 4.74 Å². The smallest absolute Gasteiger partial charge is 0.161 e. The Morgan fingerprint density at radius 2 is 1.89 bits per heavy atom. The van der Waals surface area contributed by atoms with E-state index in [1.807, 2.05) is 0 Å². The van der Waals surface area contributed by atoms with Gasteiger partial charge in [-0.25, -0.2) is 0 Å². The van der Waals surface area contributed by atoms with Crippen molar-refractivity contribution in [3.05, 3.63) is 42.1 Å². The van der Waals surface area contributed by atoms with Gasteiger partial charge in [0.05, 0.1) is 0 Å². The Hall–Kier alpha value is -1.48. The van der Waals surface area contributed by atoms with Crippen molar-refractivity contribution < 1.29 is 4.74 Å². The van der Waals surface area contributed by atoms with Crippen LogP contribution >= 0.6 is 0 Å². The van der Waals surface area contributed by atoms with E-state index in [0.29, 0.717) is 6.04 Å². The first-order chi connectivity index (χ1) is 13.8. The molecule has 0 radical (unpaired) electrons. The molecule has 1 saturated heterocycles. The molecule has 3 nitrogen and oxygen atoms in total. The molecule has 1 unspecified atom stereocenters. The number of hydrogen-bond acceptors (Lipinski definition) is 3. The van der Waals surface area contributed by atoms with E-state index in [9.17, 15) is 0 Å². The molecule has 2 heterocycles. The lowest BCUT2D eigenvalue weighted by atomic mass is 9.82. The monoisotopic (exact) mass is 382 g/mol. The van der Waals surface area contributed by atoms with Crippen LogP contribution in [0.4, 0.5) is 0 Å². The van der Waals surface area contributed by atoms with Gasteiger partial charge in [-0.3, -0.25) is 0 Å². The van der Waals surface area contributed by atoms with Crippen LogP contribution in [-0.2, 0) is 4.74 Å². The maximum atomic E-state index is 6.08.